The number of nitrogens with zero attached hydrogens (tertiary/aromatic N) is 2. The minimum atomic E-state index is -4.43. The molecule has 1 aromatic rings. The molecule has 8 heteroatoms. The molecule has 0 amide bonds. The van der Waals surface area contributed by atoms with Gasteiger partial charge in [-0.25, -0.2) is 0 Å². The molecular weight excluding hydrogens is 311 g/mol. The lowest BCUT2D eigenvalue weighted by Crippen LogP contribution is -2.36. The third-order valence-corrected chi connectivity index (χ3v) is 3.52. The molecule has 1 aliphatic carbocycles. The summed E-state index contributed by atoms with van der Waals surface area (Å²) in [5, 5.41) is 9.80. The van der Waals surface area contributed by atoms with Crippen LogP contribution in [-0.4, -0.2) is 48.3 Å². The average Bonchev–Trinajstić information content (AvgIpc) is 3.34. The molecule has 0 aliphatic heterocycles. The maximum atomic E-state index is 12.6. The molecule has 1 saturated carbocycles. The maximum absolute atomic E-state index is 12.6. The first-order valence-corrected chi connectivity index (χ1v) is 7.28. The van der Waals surface area contributed by atoms with Gasteiger partial charge in [0.2, 0.25) is 0 Å². The Morgan fingerprint density at radius 3 is 2.78 bits per heavy atom. The second kappa shape index (κ2) is 7.08. The van der Waals surface area contributed by atoms with Crippen LogP contribution in [0.5, 0.6) is 5.75 Å². The summed E-state index contributed by atoms with van der Waals surface area (Å²) in [5.74, 6) is 0.386. The molecule has 1 aromatic carbocycles. The standard InChI is InChI=1S/C15H20F3N3O2/c1-21(11-5-6-11)14(19)20-8-12(22)9-23-13-4-2-3-10(7-13)15(16,17)18/h2-4,7,11-12,22H,5-6,8-9H2,1H3,(H2,19,20). The third kappa shape index (κ3) is 5.31. The Hall–Kier alpha value is -1.96. The molecule has 0 aromatic heterocycles. The number of halogens is 3. The van der Waals surface area contributed by atoms with Gasteiger partial charge < -0.3 is 20.5 Å². The van der Waals surface area contributed by atoms with Crippen molar-refractivity contribution in [2.45, 2.75) is 31.2 Å². The average molecular weight is 331 g/mol. The second-order valence-corrected chi connectivity index (χ2v) is 5.53. The Kier molecular flexibility index (Phi) is 5.35. The first-order chi connectivity index (χ1) is 10.8. The zero-order chi connectivity index (χ0) is 17.0. The summed E-state index contributed by atoms with van der Waals surface area (Å²) in [4.78, 5) is 5.91. The van der Waals surface area contributed by atoms with E-state index >= 15 is 0 Å². The Labute approximate surface area is 132 Å². The highest BCUT2D eigenvalue weighted by molar-refractivity contribution is 5.78. The number of alkyl halides is 3. The fourth-order valence-electron chi connectivity index (χ4n) is 1.97. The Morgan fingerprint density at radius 1 is 1.48 bits per heavy atom. The zero-order valence-electron chi connectivity index (χ0n) is 12.8. The first kappa shape index (κ1) is 17.4. The van der Waals surface area contributed by atoms with Crippen molar-refractivity contribution in [1.82, 2.24) is 4.90 Å². The van der Waals surface area contributed by atoms with Gasteiger partial charge in [-0.05, 0) is 31.0 Å². The predicted octanol–water partition coefficient (Wildman–Crippen LogP) is 1.85. The summed E-state index contributed by atoms with van der Waals surface area (Å²) >= 11 is 0. The number of rotatable bonds is 6. The molecule has 0 saturated heterocycles. The van der Waals surface area contributed by atoms with Gasteiger partial charge in [0.15, 0.2) is 5.96 Å². The van der Waals surface area contributed by atoms with Crippen molar-refractivity contribution < 1.29 is 23.0 Å². The number of hydrogen-bond donors (Lipinski definition) is 2. The lowest BCUT2D eigenvalue weighted by molar-refractivity contribution is -0.137. The van der Waals surface area contributed by atoms with Gasteiger partial charge in [0, 0.05) is 13.1 Å². The lowest BCUT2D eigenvalue weighted by Gasteiger charge is -2.18. The lowest BCUT2D eigenvalue weighted by atomic mass is 10.2. The van der Waals surface area contributed by atoms with Gasteiger partial charge in [-0.15, -0.1) is 0 Å². The van der Waals surface area contributed by atoms with Gasteiger partial charge in [-0.2, -0.15) is 13.2 Å². The predicted molar refractivity (Wildman–Crippen MR) is 80.2 cm³/mol. The molecule has 1 fully saturated rings. The minimum Gasteiger partial charge on any atom is -0.491 e. The SMILES string of the molecule is CN(C(N)=NCC(O)COc1cccc(C(F)(F)F)c1)C1CC1. The molecule has 2 rings (SSSR count). The molecule has 1 atom stereocenters. The van der Waals surface area contributed by atoms with Crippen LogP contribution in [0.2, 0.25) is 0 Å². The molecule has 0 heterocycles. The van der Waals surface area contributed by atoms with Crippen LogP contribution < -0.4 is 10.5 Å². The van der Waals surface area contributed by atoms with Gasteiger partial charge in [0.05, 0.1) is 12.1 Å². The van der Waals surface area contributed by atoms with Crippen molar-refractivity contribution in [3.05, 3.63) is 29.8 Å². The van der Waals surface area contributed by atoms with E-state index in [1.165, 1.54) is 12.1 Å². The number of hydrogen-bond acceptors (Lipinski definition) is 3. The topological polar surface area (TPSA) is 71.1 Å². The number of ether oxygens (including phenoxy) is 1. The molecule has 128 valence electrons. The van der Waals surface area contributed by atoms with Gasteiger partial charge in [0.25, 0.3) is 0 Å². The summed E-state index contributed by atoms with van der Waals surface area (Å²) < 4.78 is 42.9. The van der Waals surface area contributed by atoms with Crippen LogP contribution in [0.25, 0.3) is 0 Å². The van der Waals surface area contributed by atoms with E-state index in [-0.39, 0.29) is 18.9 Å². The van der Waals surface area contributed by atoms with Crippen LogP contribution in [-0.2, 0) is 6.18 Å². The number of aliphatic hydroxyl groups is 1. The van der Waals surface area contributed by atoms with E-state index < -0.39 is 17.8 Å². The summed E-state index contributed by atoms with van der Waals surface area (Å²) in [5.41, 5.74) is 4.99. The van der Waals surface area contributed by atoms with Crippen LogP contribution in [0.4, 0.5) is 13.2 Å². The number of guanidine groups is 1. The summed E-state index contributed by atoms with van der Waals surface area (Å²) in [7, 11) is 1.84. The van der Waals surface area contributed by atoms with Gasteiger partial charge in [-0.1, -0.05) is 6.07 Å². The highest BCUT2D eigenvalue weighted by atomic mass is 19.4. The van der Waals surface area contributed by atoms with E-state index in [0.717, 1.165) is 25.0 Å². The second-order valence-electron chi connectivity index (χ2n) is 5.53. The van der Waals surface area contributed by atoms with Crippen LogP contribution in [0.15, 0.2) is 29.3 Å². The molecule has 1 unspecified atom stereocenters. The maximum Gasteiger partial charge on any atom is 0.416 e. The molecule has 1 aliphatic rings. The van der Waals surface area contributed by atoms with E-state index in [2.05, 4.69) is 4.99 Å². The van der Waals surface area contributed by atoms with E-state index in [4.69, 9.17) is 10.5 Å². The Morgan fingerprint density at radius 2 is 2.17 bits per heavy atom. The van der Waals surface area contributed by atoms with E-state index in [0.29, 0.717) is 12.0 Å². The van der Waals surface area contributed by atoms with Crippen molar-refractivity contribution in [3.8, 4) is 5.75 Å². The summed E-state index contributed by atoms with van der Waals surface area (Å²) in [6.45, 7) is -0.132. The van der Waals surface area contributed by atoms with Gasteiger partial charge in [0.1, 0.15) is 18.5 Å². The quantitative estimate of drug-likeness (QED) is 0.616. The van der Waals surface area contributed by atoms with E-state index in [1.54, 1.807) is 0 Å². The molecule has 0 bridgehead atoms. The van der Waals surface area contributed by atoms with Crippen molar-refractivity contribution in [1.29, 1.82) is 0 Å². The molecule has 23 heavy (non-hydrogen) atoms. The van der Waals surface area contributed by atoms with E-state index in [9.17, 15) is 18.3 Å². The highest BCUT2D eigenvalue weighted by Gasteiger charge is 2.30. The smallest absolute Gasteiger partial charge is 0.416 e. The van der Waals surface area contributed by atoms with E-state index in [1.807, 2.05) is 11.9 Å². The van der Waals surface area contributed by atoms with Crippen molar-refractivity contribution in [3.63, 3.8) is 0 Å². The fourth-order valence-corrected chi connectivity index (χ4v) is 1.97. The molecular formula is C15H20F3N3O2. The fraction of sp³-hybridized carbons (Fsp3) is 0.533. The van der Waals surface area contributed by atoms with Gasteiger partial charge >= 0.3 is 6.18 Å². The van der Waals surface area contributed by atoms with Crippen LogP contribution in [0.3, 0.4) is 0 Å². The normalized spacial score (nSPS) is 17.0. The first-order valence-electron chi connectivity index (χ1n) is 7.28. The third-order valence-electron chi connectivity index (χ3n) is 3.52. The van der Waals surface area contributed by atoms with Gasteiger partial charge in [-0.3, -0.25) is 4.99 Å². The number of benzene rings is 1. The summed E-state index contributed by atoms with van der Waals surface area (Å²) in [6, 6.07) is 4.93. The number of aliphatic hydroxyl groups excluding tert-OH is 1. The zero-order valence-corrected chi connectivity index (χ0v) is 12.8. The largest absolute Gasteiger partial charge is 0.491 e. The molecule has 0 radical (unpaired) electrons. The monoisotopic (exact) mass is 331 g/mol. The van der Waals surface area contributed by atoms with Crippen molar-refractivity contribution in [2.75, 3.05) is 20.2 Å². The van der Waals surface area contributed by atoms with Crippen molar-refractivity contribution in [2.24, 2.45) is 10.7 Å². The van der Waals surface area contributed by atoms with Crippen LogP contribution in [0.1, 0.15) is 18.4 Å². The Bertz CT molecular complexity index is 559. The molecule has 0 spiro atoms. The summed E-state index contributed by atoms with van der Waals surface area (Å²) in [6.07, 6.45) is -3.22. The minimum absolute atomic E-state index is 0.0296. The van der Waals surface area contributed by atoms with Crippen LogP contribution in [0, 0.1) is 0 Å². The number of nitrogens with two attached hydrogens (primary N) is 1. The van der Waals surface area contributed by atoms with Crippen molar-refractivity contribution >= 4 is 5.96 Å². The molecule has 3 N–H and O–H groups in total. The van der Waals surface area contributed by atoms with Crippen LogP contribution >= 0.6 is 0 Å². The Balaban J connectivity index is 1.82. The number of aliphatic imine (C=N–C) groups is 1. The highest BCUT2D eigenvalue weighted by Crippen LogP contribution is 2.31. The molecule has 5 nitrogen and oxygen atoms in total.